The minimum Gasteiger partial charge on any atom is -0.497 e. The summed E-state index contributed by atoms with van der Waals surface area (Å²) >= 11 is 6.07. The monoisotopic (exact) mass is 337 g/mol. The lowest BCUT2D eigenvalue weighted by Gasteiger charge is -2.09. The van der Waals surface area contributed by atoms with E-state index in [4.69, 9.17) is 16.3 Å². The summed E-state index contributed by atoms with van der Waals surface area (Å²) in [7, 11) is 0.573. The molecule has 0 aromatic heterocycles. The Kier molecular flexibility index (Phi) is 5.57. The molecule has 2 rings (SSSR count). The molecule has 0 unspecified atom stereocenters. The number of anilines is 1. The first kappa shape index (κ1) is 16.5. The van der Waals surface area contributed by atoms with Gasteiger partial charge in [-0.1, -0.05) is 11.6 Å². The van der Waals surface area contributed by atoms with E-state index in [1.54, 1.807) is 55.8 Å². The molecule has 1 N–H and O–H groups in total. The van der Waals surface area contributed by atoms with E-state index >= 15 is 0 Å². The van der Waals surface area contributed by atoms with Crippen molar-refractivity contribution >= 4 is 34.0 Å². The highest BCUT2D eigenvalue weighted by atomic mass is 35.5. The topological polar surface area (TPSA) is 55.4 Å². The third-order valence-corrected chi connectivity index (χ3v) is 4.10. The van der Waals surface area contributed by atoms with Gasteiger partial charge in [-0.2, -0.15) is 0 Å². The number of methoxy groups -OCH3 is 1. The van der Waals surface area contributed by atoms with Crippen molar-refractivity contribution in [3.8, 4) is 5.75 Å². The van der Waals surface area contributed by atoms with Crippen molar-refractivity contribution in [1.82, 2.24) is 0 Å². The standard InChI is InChI=1S/C16H16ClNO3S/c1-21-14-6-3-11(4-7-14)16(19)18-13-5-8-15(17)12(9-13)10-22(2)20/h3-9H,10H2,1-2H3,(H,18,19)/t22-/m0/s1. The molecule has 6 heteroatoms. The second-order valence-electron chi connectivity index (χ2n) is 4.71. The molecule has 0 fully saturated rings. The smallest absolute Gasteiger partial charge is 0.255 e. The molecule has 1 atom stereocenters. The predicted molar refractivity (Wildman–Crippen MR) is 90.2 cm³/mol. The highest BCUT2D eigenvalue weighted by molar-refractivity contribution is 7.83. The van der Waals surface area contributed by atoms with Gasteiger partial charge in [0.15, 0.2) is 0 Å². The van der Waals surface area contributed by atoms with E-state index in [2.05, 4.69) is 5.32 Å². The minimum absolute atomic E-state index is 0.228. The summed E-state index contributed by atoms with van der Waals surface area (Å²) in [6.07, 6.45) is 1.61. The first-order valence-corrected chi connectivity index (χ1v) is 8.64. The van der Waals surface area contributed by atoms with Crippen LogP contribution in [0.5, 0.6) is 5.75 Å². The number of hydrogen-bond acceptors (Lipinski definition) is 3. The lowest BCUT2D eigenvalue weighted by atomic mass is 10.2. The van der Waals surface area contributed by atoms with E-state index in [0.29, 0.717) is 27.8 Å². The van der Waals surface area contributed by atoms with E-state index < -0.39 is 10.8 Å². The van der Waals surface area contributed by atoms with E-state index in [-0.39, 0.29) is 5.91 Å². The molecule has 0 heterocycles. The molecule has 4 nitrogen and oxygen atoms in total. The van der Waals surface area contributed by atoms with Gasteiger partial charge in [-0.15, -0.1) is 0 Å². The van der Waals surface area contributed by atoms with Gasteiger partial charge in [0.25, 0.3) is 5.91 Å². The van der Waals surface area contributed by atoms with Gasteiger partial charge in [-0.05, 0) is 48.0 Å². The van der Waals surface area contributed by atoms with Gasteiger partial charge < -0.3 is 10.1 Å². The van der Waals surface area contributed by atoms with Crippen molar-refractivity contribution in [2.24, 2.45) is 0 Å². The maximum Gasteiger partial charge on any atom is 0.255 e. The number of carbonyl (C=O) groups is 1. The van der Waals surface area contributed by atoms with Crippen molar-refractivity contribution in [3.63, 3.8) is 0 Å². The van der Waals surface area contributed by atoms with E-state index in [1.807, 2.05) is 0 Å². The minimum atomic E-state index is -0.999. The van der Waals surface area contributed by atoms with Crippen molar-refractivity contribution in [3.05, 3.63) is 58.6 Å². The number of benzene rings is 2. The van der Waals surface area contributed by atoms with Crippen LogP contribution in [0.2, 0.25) is 5.02 Å². The highest BCUT2D eigenvalue weighted by Gasteiger charge is 2.09. The van der Waals surface area contributed by atoms with Crippen LogP contribution in [0.15, 0.2) is 42.5 Å². The number of nitrogens with one attached hydrogen (secondary N) is 1. The fraction of sp³-hybridized carbons (Fsp3) is 0.188. The predicted octanol–water partition coefficient (Wildman–Crippen LogP) is 3.48. The summed E-state index contributed by atoms with van der Waals surface area (Å²) in [6, 6.07) is 12.0. The molecule has 0 spiro atoms. The van der Waals surface area contributed by atoms with E-state index in [0.717, 1.165) is 5.56 Å². The van der Waals surface area contributed by atoms with Crippen LogP contribution in [0.25, 0.3) is 0 Å². The Morgan fingerprint density at radius 2 is 1.91 bits per heavy atom. The maximum atomic E-state index is 12.2. The molecule has 0 bridgehead atoms. The molecule has 1 amide bonds. The Morgan fingerprint density at radius 1 is 1.23 bits per heavy atom. The number of rotatable bonds is 5. The molecule has 2 aromatic carbocycles. The third kappa shape index (κ3) is 4.32. The van der Waals surface area contributed by atoms with Crippen LogP contribution >= 0.6 is 11.6 Å². The summed E-state index contributed by atoms with van der Waals surface area (Å²) in [6.45, 7) is 0. The quantitative estimate of drug-likeness (QED) is 0.908. The van der Waals surface area contributed by atoms with Gasteiger partial charge >= 0.3 is 0 Å². The zero-order valence-electron chi connectivity index (χ0n) is 12.3. The number of halogens is 1. The summed E-state index contributed by atoms with van der Waals surface area (Å²) < 4.78 is 16.4. The first-order valence-electron chi connectivity index (χ1n) is 6.53. The molecule has 2 aromatic rings. The Hall–Kier alpha value is -1.85. The summed E-state index contributed by atoms with van der Waals surface area (Å²) in [5, 5.41) is 3.34. The second kappa shape index (κ2) is 7.42. The Bertz CT molecular complexity index is 701. The maximum absolute atomic E-state index is 12.2. The van der Waals surface area contributed by atoms with Crippen LogP contribution in [0.1, 0.15) is 15.9 Å². The Balaban J connectivity index is 2.15. The van der Waals surface area contributed by atoms with Crippen LogP contribution in [0.4, 0.5) is 5.69 Å². The summed E-state index contributed by atoms with van der Waals surface area (Å²) in [5.41, 5.74) is 1.89. The number of carbonyl (C=O) groups excluding carboxylic acids is 1. The average Bonchev–Trinajstić information content (AvgIpc) is 2.50. The molecule has 0 aliphatic rings. The zero-order valence-corrected chi connectivity index (χ0v) is 13.8. The third-order valence-electron chi connectivity index (χ3n) is 3.01. The van der Waals surface area contributed by atoms with Gasteiger partial charge in [0, 0.05) is 39.1 Å². The summed E-state index contributed by atoms with van der Waals surface area (Å²) in [4.78, 5) is 12.2. The molecule has 0 saturated heterocycles. The molecule has 0 aliphatic carbocycles. The molecule has 0 radical (unpaired) electrons. The lowest BCUT2D eigenvalue weighted by molar-refractivity contribution is 0.102. The normalized spacial score (nSPS) is 11.8. The van der Waals surface area contributed by atoms with Gasteiger partial charge in [-0.3, -0.25) is 9.00 Å². The Morgan fingerprint density at radius 3 is 2.50 bits per heavy atom. The summed E-state index contributed by atoms with van der Waals surface area (Å²) in [5.74, 6) is 0.815. The van der Waals surface area contributed by atoms with Crippen molar-refractivity contribution in [2.45, 2.75) is 5.75 Å². The molecular weight excluding hydrogens is 322 g/mol. The van der Waals surface area contributed by atoms with E-state index in [9.17, 15) is 9.00 Å². The van der Waals surface area contributed by atoms with Gasteiger partial charge in [0.05, 0.1) is 7.11 Å². The first-order chi connectivity index (χ1) is 10.5. The molecule has 0 saturated carbocycles. The lowest BCUT2D eigenvalue weighted by Crippen LogP contribution is -2.12. The number of amides is 1. The SMILES string of the molecule is COc1ccc(C(=O)Nc2ccc(Cl)c(C[S@](C)=O)c2)cc1. The fourth-order valence-electron chi connectivity index (χ4n) is 1.93. The molecule has 116 valence electrons. The van der Waals surface area contributed by atoms with Crippen molar-refractivity contribution in [1.29, 1.82) is 0 Å². The molecule has 22 heavy (non-hydrogen) atoms. The van der Waals surface area contributed by atoms with Crippen LogP contribution in [0, 0.1) is 0 Å². The highest BCUT2D eigenvalue weighted by Crippen LogP contribution is 2.22. The number of ether oxygens (including phenoxy) is 1. The van der Waals surface area contributed by atoms with E-state index in [1.165, 1.54) is 0 Å². The van der Waals surface area contributed by atoms with Gasteiger partial charge in [0.2, 0.25) is 0 Å². The second-order valence-corrected chi connectivity index (χ2v) is 6.55. The van der Waals surface area contributed by atoms with Crippen LogP contribution in [-0.2, 0) is 16.6 Å². The zero-order chi connectivity index (χ0) is 16.1. The molecule has 0 aliphatic heterocycles. The fourth-order valence-corrected chi connectivity index (χ4v) is 2.87. The largest absolute Gasteiger partial charge is 0.497 e. The van der Waals surface area contributed by atoms with Crippen molar-refractivity contribution < 1.29 is 13.7 Å². The Labute approximate surface area is 136 Å². The van der Waals surface area contributed by atoms with Crippen LogP contribution < -0.4 is 10.1 Å². The van der Waals surface area contributed by atoms with Gasteiger partial charge in [0.1, 0.15) is 5.75 Å². The van der Waals surface area contributed by atoms with Crippen LogP contribution in [-0.4, -0.2) is 23.5 Å². The van der Waals surface area contributed by atoms with Crippen molar-refractivity contribution in [2.75, 3.05) is 18.7 Å². The van der Waals surface area contributed by atoms with Gasteiger partial charge in [-0.25, -0.2) is 0 Å². The van der Waals surface area contributed by atoms with Crippen LogP contribution in [0.3, 0.4) is 0 Å². The molecular formula is C16H16ClNO3S. The number of hydrogen-bond donors (Lipinski definition) is 1. The average molecular weight is 338 g/mol.